The molecule has 2 aliphatic rings. The molecule has 0 radical (unpaired) electrons. The average molecular weight is 545 g/mol. The second kappa shape index (κ2) is 11.6. The lowest BCUT2D eigenvalue weighted by Crippen LogP contribution is -2.25. The molecule has 0 amide bonds. The lowest BCUT2D eigenvalue weighted by atomic mass is 9.68. The third-order valence-electron chi connectivity index (χ3n) is 9.12. The molecule has 0 saturated heterocycles. The largest absolute Gasteiger partial charge is 0.497 e. The maximum atomic E-state index is 15.1. The Labute approximate surface area is 237 Å². The topological polar surface area (TPSA) is 55.8 Å². The van der Waals surface area contributed by atoms with Gasteiger partial charge in [0.05, 0.1) is 13.5 Å². The van der Waals surface area contributed by atoms with Crippen LogP contribution >= 0.6 is 0 Å². The first-order valence-corrected chi connectivity index (χ1v) is 14.6. The summed E-state index contributed by atoms with van der Waals surface area (Å²) in [5, 5.41) is 9.30. The molecule has 212 valence electrons. The number of methoxy groups -OCH3 is 1. The number of aryl methyl sites for hydroxylation is 1. The minimum Gasteiger partial charge on any atom is -0.497 e. The second-order valence-corrected chi connectivity index (χ2v) is 12.7. The molecule has 0 unspecified atom stereocenters. The fraction of sp³-hybridized carbons (Fsp3) is 0.457. The summed E-state index contributed by atoms with van der Waals surface area (Å²) in [6, 6.07) is 17.3. The maximum absolute atomic E-state index is 15.1. The van der Waals surface area contributed by atoms with Gasteiger partial charge in [0.1, 0.15) is 23.9 Å². The van der Waals surface area contributed by atoms with E-state index in [1.165, 1.54) is 30.0 Å². The summed E-state index contributed by atoms with van der Waals surface area (Å²) in [7, 11) is 1.61. The van der Waals surface area contributed by atoms with E-state index in [9.17, 15) is 9.90 Å². The van der Waals surface area contributed by atoms with E-state index < -0.39 is 5.97 Å². The van der Waals surface area contributed by atoms with E-state index in [1.807, 2.05) is 24.3 Å². The Morgan fingerprint density at radius 1 is 0.900 bits per heavy atom. The van der Waals surface area contributed by atoms with Crippen LogP contribution in [-0.4, -0.2) is 18.2 Å². The number of hydrogen-bond acceptors (Lipinski definition) is 3. The molecule has 5 heteroatoms. The minimum absolute atomic E-state index is 0.0444. The average Bonchev–Trinajstić information content (AvgIpc) is 3.33. The maximum Gasteiger partial charge on any atom is 0.303 e. The lowest BCUT2D eigenvalue weighted by Gasteiger charge is -2.37. The standard InChI is InChI=1S/C35H41FO4/c1-35(2,3)26-11-8-24(9-12-26)31-17-22(5-15-29(31)32-19-27(39-4)14-16-33(32)36)21-40-28-13-10-23-6-7-25(18-34(37)38)30(23)20-28/h5,10,13-17,19-20,24-26H,6-9,11-12,18,21H2,1-4H3,(H,37,38)/t24?,25-,26?/m1/s1. The van der Waals surface area contributed by atoms with Crippen LogP contribution in [0.2, 0.25) is 0 Å². The quantitative estimate of drug-likeness (QED) is 0.308. The number of benzene rings is 3. The molecule has 0 spiro atoms. The summed E-state index contributed by atoms with van der Waals surface area (Å²) in [6.45, 7) is 7.38. The highest BCUT2D eigenvalue weighted by atomic mass is 19.1. The van der Waals surface area contributed by atoms with Gasteiger partial charge in [-0.25, -0.2) is 4.39 Å². The van der Waals surface area contributed by atoms with Crippen LogP contribution in [0.3, 0.4) is 0 Å². The van der Waals surface area contributed by atoms with Crippen LogP contribution in [0.15, 0.2) is 54.6 Å². The number of hydrogen-bond donors (Lipinski definition) is 1. The van der Waals surface area contributed by atoms with E-state index in [2.05, 4.69) is 32.9 Å². The van der Waals surface area contributed by atoms with E-state index in [0.29, 0.717) is 35.2 Å². The van der Waals surface area contributed by atoms with Gasteiger partial charge < -0.3 is 14.6 Å². The fourth-order valence-electron chi connectivity index (χ4n) is 6.74. The zero-order valence-corrected chi connectivity index (χ0v) is 24.1. The third-order valence-corrected chi connectivity index (χ3v) is 9.12. The van der Waals surface area contributed by atoms with Crippen LogP contribution in [0.5, 0.6) is 11.5 Å². The van der Waals surface area contributed by atoms with Gasteiger partial charge in [0, 0.05) is 5.56 Å². The van der Waals surface area contributed by atoms with Gasteiger partial charge in [-0.3, -0.25) is 4.79 Å². The molecule has 4 nitrogen and oxygen atoms in total. The number of carboxylic acids is 1. The number of fused-ring (bicyclic) bond motifs is 1. The van der Waals surface area contributed by atoms with E-state index in [0.717, 1.165) is 48.1 Å². The Balaban J connectivity index is 1.41. The summed E-state index contributed by atoms with van der Waals surface area (Å²) in [4.78, 5) is 11.3. The summed E-state index contributed by atoms with van der Waals surface area (Å²) >= 11 is 0. The molecule has 1 atom stereocenters. The van der Waals surface area contributed by atoms with E-state index in [1.54, 1.807) is 19.2 Å². The Hall–Kier alpha value is -3.34. The molecular weight excluding hydrogens is 503 g/mol. The van der Waals surface area contributed by atoms with Crippen LogP contribution in [0, 0.1) is 17.2 Å². The van der Waals surface area contributed by atoms with Gasteiger partial charge in [-0.2, -0.15) is 0 Å². The summed E-state index contributed by atoms with van der Waals surface area (Å²) in [5.74, 6) is 1.48. The molecule has 2 aliphatic carbocycles. The Bertz CT molecular complexity index is 1360. The van der Waals surface area contributed by atoms with Gasteiger partial charge in [0.25, 0.3) is 0 Å². The van der Waals surface area contributed by atoms with E-state index >= 15 is 4.39 Å². The number of ether oxygens (including phenoxy) is 2. The van der Waals surface area contributed by atoms with Gasteiger partial charge in [-0.05, 0) is 120 Å². The van der Waals surface area contributed by atoms with Crippen molar-refractivity contribution in [1.82, 2.24) is 0 Å². The highest BCUT2D eigenvalue weighted by molar-refractivity contribution is 5.71. The summed E-state index contributed by atoms with van der Waals surface area (Å²) in [6.07, 6.45) is 6.44. The molecule has 3 aromatic carbocycles. The van der Waals surface area contributed by atoms with Gasteiger partial charge >= 0.3 is 5.97 Å². The molecule has 1 fully saturated rings. The van der Waals surface area contributed by atoms with Crippen molar-refractivity contribution in [3.05, 3.63) is 82.7 Å². The molecule has 1 saturated carbocycles. The number of aliphatic carboxylic acids is 1. The van der Waals surface area contributed by atoms with Gasteiger partial charge in [-0.15, -0.1) is 0 Å². The van der Waals surface area contributed by atoms with Gasteiger partial charge in [0.15, 0.2) is 0 Å². The summed E-state index contributed by atoms with van der Waals surface area (Å²) in [5.41, 5.74) is 6.33. The van der Waals surface area contributed by atoms with Gasteiger partial charge in [0.2, 0.25) is 0 Å². The molecule has 0 aromatic heterocycles. The molecule has 3 aromatic rings. The Kier molecular flexibility index (Phi) is 8.21. The van der Waals surface area contributed by atoms with Crippen molar-refractivity contribution >= 4 is 5.97 Å². The van der Waals surface area contributed by atoms with Crippen molar-refractivity contribution < 1.29 is 23.8 Å². The van der Waals surface area contributed by atoms with Crippen LogP contribution in [0.4, 0.5) is 4.39 Å². The number of carbonyl (C=O) groups is 1. The smallest absolute Gasteiger partial charge is 0.303 e. The van der Waals surface area contributed by atoms with Crippen LogP contribution in [0.1, 0.15) is 93.4 Å². The zero-order chi connectivity index (χ0) is 28.4. The van der Waals surface area contributed by atoms with E-state index in [4.69, 9.17) is 9.47 Å². The number of rotatable bonds is 8. The number of halogens is 1. The van der Waals surface area contributed by atoms with Crippen molar-refractivity contribution in [3.63, 3.8) is 0 Å². The normalized spacial score (nSPS) is 20.7. The predicted octanol–water partition coefficient (Wildman–Crippen LogP) is 8.90. The molecule has 40 heavy (non-hydrogen) atoms. The Morgan fingerprint density at radius 2 is 1.65 bits per heavy atom. The van der Waals surface area contributed by atoms with Crippen LogP contribution in [-0.2, 0) is 17.8 Å². The zero-order valence-electron chi connectivity index (χ0n) is 24.1. The molecule has 0 aliphatic heterocycles. The number of carboxylic acid groups (broad SMARTS) is 1. The minimum atomic E-state index is -0.763. The third kappa shape index (κ3) is 6.19. The Morgan fingerprint density at radius 3 is 2.35 bits per heavy atom. The van der Waals surface area contributed by atoms with Crippen molar-refractivity contribution in [1.29, 1.82) is 0 Å². The molecule has 5 rings (SSSR count). The highest BCUT2D eigenvalue weighted by Gasteiger charge is 2.31. The lowest BCUT2D eigenvalue weighted by molar-refractivity contribution is -0.137. The molecular formula is C35H41FO4. The first-order chi connectivity index (χ1) is 19.1. The van der Waals surface area contributed by atoms with Gasteiger partial charge in [-0.1, -0.05) is 45.0 Å². The monoisotopic (exact) mass is 544 g/mol. The molecule has 0 bridgehead atoms. The van der Waals surface area contributed by atoms with Crippen molar-refractivity contribution in [2.45, 2.75) is 84.2 Å². The van der Waals surface area contributed by atoms with Crippen molar-refractivity contribution in [2.24, 2.45) is 11.3 Å². The predicted molar refractivity (Wildman–Crippen MR) is 157 cm³/mol. The van der Waals surface area contributed by atoms with E-state index in [-0.39, 0.29) is 18.2 Å². The van der Waals surface area contributed by atoms with Crippen molar-refractivity contribution in [3.8, 4) is 22.6 Å². The SMILES string of the molecule is COc1ccc(F)c(-c2ccc(COc3ccc4c(c3)[C@@H](CC(=O)O)CC4)cc2C2CCC(C(C)(C)C)CC2)c1. The first-order valence-electron chi connectivity index (χ1n) is 14.6. The van der Waals surface area contributed by atoms with Crippen molar-refractivity contribution in [2.75, 3.05) is 7.11 Å². The second-order valence-electron chi connectivity index (χ2n) is 12.7. The fourth-order valence-corrected chi connectivity index (χ4v) is 6.74. The summed E-state index contributed by atoms with van der Waals surface area (Å²) < 4.78 is 26.8. The first kappa shape index (κ1) is 28.2. The molecule has 0 heterocycles. The molecule has 1 N–H and O–H groups in total. The highest BCUT2D eigenvalue weighted by Crippen LogP contribution is 2.46. The van der Waals surface area contributed by atoms with Crippen LogP contribution in [0.25, 0.3) is 11.1 Å². The van der Waals surface area contributed by atoms with Crippen LogP contribution < -0.4 is 9.47 Å².